The van der Waals surface area contributed by atoms with E-state index in [1.165, 1.54) is 23.0 Å². The Morgan fingerprint density at radius 3 is 2.29 bits per heavy atom. The number of hydroxylamine groups is 1. The van der Waals surface area contributed by atoms with Crippen LogP contribution in [0.25, 0.3) is 0 Å². The monoisotopic (exact) mass is 478 g/mol. The van der Waals surface area contributed by atoms with Crippen LogP contribution in [0.1, 0.15) is 11.1 Å². The fourth-order valence-electron chi connectivity index (χ4n) is 3.48. The van der Waals surface area contributed by atoms with Gasteiger partial charge < -0.3 is 0 Å². The maximum absolute atomic E-state index is 13.4. The predicted octanol–water partition coefficient (Wildman–Crippen LogP) is 2.20. The summed E-state index contributed by atoms with van der Waals surface area (Å²) < 4.78 is 53.2. The summed E-state index contributed by atoms with van der Waals surface area (Å²) in [5, 5.41) is 10.4. The molecule has 2 aromatic carbocycles. The minimum Gasteiger partial charge on any atom is -0.289 e. The predicted molar refractivity (Wildman–Crippen MR) is 113 cm³/mol. The van der Waals surface area contributed by atoms with E-state index in [4.69, 9.17) is 5.21 Å². The molecule has 1 aliphatic rings. The molecule has 1 amide bonds. The first-order valence-corrected chi connectivity index (χ1v) is 13.0. The first-order chi connectivity index (χ1) is 14.7. The average molecular weight is 479 g/mol. The molecule has 1 atom stereocenters. The number of nitrogens with one attached hydrogen (secondary N) is 1. The van der Waals surface area contributed by atoms with Crippen molar-refractivity contribution in [2.24, 2.45) is 0 Å². The third-order valence-corrected chi connectivity index (χ3v) is 10.3. The Morgan fingerprint density at radius 1 is 0.968 bits per heavy atom. The van der Waals surface area contributed by atoms with Crippen molar-refractivity contribution in [3.63, 3.8) is 0 Å². The Bertz CT molecular complexity index is 1330. The normalized spacial score (nSPS) is 17.1. The Morgan fingerprint density at radius 2 is 1.61 bits per heavy atom. The minimum atomic E-state index is -4.22. The Kier molecular flexibility index (Phi) is 5.71. The molecule has 0 saturated heterocycles. The topological polar surface area (TPSA) is 121 Å². The summed E-state index contributed by atoms with van der Waals surface area (Å²) in [6.07, 6.45) is 0.0857. The number of sulfonamides is 1. The summed E-state index contributed by atoms with van der Waals surface area (Å²) in [7, 11) is -8.10. The molecule has 0 bridgehead atoms. The van der Waals surface area contributed by atoms with Crippen LogP contribution in [-0.2, 0) is 37.6 Å². The standard InChI is InChI=1S/C20H18N2O6S3/c23-20(21-24)18-10-14-6-4-5-7-15(14)12-22(18)31(27,28)19-11-17(13-29-19)30(25,26)16-8-2-1-3-9-16/h1-9,11,13,18,24H,10,12H2,(H,21,23)/t18-/m1/s1. The van der Waals surface area contributed by atoms with Gasteiger partial charge in [-0.05, 0) is 35.7 Å². The molecule has 4 rings (SSSR count). The van der Waals surface area contributed by atoms with Crippen LogP contribution in [0.3, 0.4) is 0 Å². The Labute approximate surface area is 183 Å². The number of rotatable bonds is 5. The van der Waals surface area contributed by atoms with Crippen molar-refractivity contribution in [1.29, 1.82) is 0 Å². The van der Waals surface area contributed by atoms with E-state index in [9.17, 15) is 21.6 Å². The zero-order valence-corrected chi connectivity index (χ0v) is 18.5. The van der Waals surface area contributed by atoms with Gasteiger partial charge in [-0.3, -0.25) is 10.0 Å². The van der Waals surface area contributed by atoms with Crippen molar-refractivity contribution in [2.75, 3.05) is 0 Å². The summed E-state index contributed by atoms with van der Waals surface area (Å²) in [6.45, 7) is -0.0741. The number of nitrogens with zero attached hydrogens (tertiary/aromatic N) is 1. The Hall–Kier alpha value is -2.57. The zero-order chi connectivity index (χ0) is 22.2. The first kappa shape index (κ1) is 21.7. The van der Waals surface area contributed by atoms with E-state index in [0.29, 0.717) is 0 Å². The number of fused-ring (bicyclic) bond motifs is 1. The van der Waals surface area contributed by atoms with E-state index in [1.54, 1.807) is 42.5 Å². The summed E-state index contributed by atoms with van der Waals surface area (Å²) in [5.74, 6) is -0.855. The van der Waals surface area contributed by atoms with Gasteiger partial charge in [0, 0.05) is 11.9 Å². The van der Waals surface area contributed by atoms with Gasteiger partial charge in [0.1, 0.15) is 10.3 Å². The van der Waals surface area contributed by atoms with E-state index in [1.807, 2.05) is 0 Å². The van der Waals surface area contributed by atoms with Crippen LogP contribution >= 0.6 is 11.3 Å². The van der Waals surface area contributed by atoms with Gasteiger partial charge in [-0.2, -0.15) is 4.31 Å². The molecule has 2 heterocycles. The van der Waals surface area contributed by atoms with Gasteiger partial charge in [0.2, 0.25) is 9.84 Å². The number of carbonyl (C=O) groups is 1. The average Bonchev–Trinajstić information content (AvgIpc) is 3.30. The molecular formula is C20H18N2O6S3. The molecule has 0 saturated carbocycles. The lowest BCUT2D eigenvalue weighted by Gasteiger charge is -2.34. The van der Waals surface area contributed by atoms with Gasteiger partial charge in [0.15, 0.2) is 0 Å². The zero-order valence-electron chi connectivity index (χ0n) is 16.0. The number of thiophene rings is 1. The highest BCUT2D eigenvalue weighted by atomic mass is 32.2. The summed E-state index contributed by atoms with van der Waals surface area (Å²) in [5.41, 5.74) is 3.08. The van der Waals surface area contributed by atoms with Gasteiger partial charge in [-0.25, -0.2) is 22.3 Å². The smallest absolute Gasteiger partial charge is 0.262 e. The van der Waals surface area contributed by atoms with Crippen LogP contribution in [0.15, 0.2) is 80.0 Å². The van der Waals surface area contributed by atoms with Gasteiger partial charge in [-0.15, -0.1) is 11.3 Å². The molecule has 0 aliphatic carbocycles. The molecule has 0 unspecified atom stereocenters. The van der Waals surface area contributed by atoms with E-state index in [0.717, 1.165) is 32.8 Å². The van der Waals surface area contributed by atoms with Crippen molar-refractivity contribution < 1.29 is 26.8 Å². The number of carbonyl (C=O) groups excluding carboxylic acids is 1. The number of sulfone groups is 1. The second-order valence-corrected chi connectivity index (χ2v) is 11.9. The number of amides is 1. The van der Waals surface area contributed by atoms with Crippen LogP contribution in [0, 0.1) is 0 Å². The molecule has 0 fully saturated rings. The van der Waals surface area contributed by atoms with Crippen LogP contribution < -0.4 is 5.48 Å². The second-order valence-electron chi connectivity index (χ2n) is 6.93. The van der Waals surface area contributed by atoms with Crippen molar-refractivity contribution >= 4 is 37.1 Å². The van der Waals surface area contributed by atoms with Crippen molar-refractivity contribution in [1.82, 2.24) is 9.79 Å². The second kappa shape index (κ2) is 8.17. The highest BCUT2D eigenvalue weighted by molar-refractivity contribution is 7.92. The summed E-state index contributed by atoms with van der Waals surface area (Å²) in [4.78, 5) is 12.2. The number of hydrogen-bond donors (Lipinski definition) is 2. The molecule has 8 nitrogen and oxygen atoms in total. The molecule has 2 N–H and O–H groups in total. The van der Waals surface area contributed by atoms with Crippen LogP contribution in [0.5, 0.6) is 0 Å². The molecular weight excluding hydrogens is 460 g/mol. The largest absolute Gasteiger partial charge is 0.289 e. The molecule has 3 aromatic rings. The quantitative estimate of drug-likeness (QED) is 0.428. The van der Waals surface area contributed by atoms with Gasteiger partial charge in [0.05, 0.1) is 9.79 Å². The summed E-state index contributed by atoms with van der Waals surface area (Å²) in [6, 6.07) is 14.8. The van der Waals surface area contributed by atoms with Crippen LogP contribution in [0.4, 0.5) is 0 Å². The lowest BCUT2D eigenvalue weighted by atomic mass is 9.95. The first-order valence-electron chi connectivity index (χ1n) is 9.16. The van der Waals surface area contributed by atoms with Crippen LogP contribution in [-0.4, -0.2) is 38.3 Å². The molecule has 0 radical (unpaired) electrons. The molecule has 1 aromatic heterocycles. The highest BCUT2D eigenvalue weighted by Gasteiger charge is 2.40. The summed E-state index contributed by atoms with van der Waals surface area (Å²) >= 11 is 0.771. The lowest BCUT2D eigenvalue weighted by molar-refractivity contribution is -0.133. The maximum Gasteiger partial charge on any atom is 0.262 e. The molecule has 11 heteroatoms. The third-order valence-electron chi connectivity index (χ3n) is 5.10. The van der Waals surface area contributed by atoms with Crippen molar-refractivity contribution in [2.45, 2.75) is 33.0 Å². The molecule has 1 aliphatic heterocycles. The number of benzene rings is 2. The van der Waals surface area contributed by atoms with E-state index in [2.05, 4.69) is 0 Å². The van der Waals surface area contributed by atoms with Gasteiger partial charge in [0.25, 0.3) is 15.9 Å². The third kappa shape index (κ3) is 3.90. The van der Waals surface area contributed by atoms with Crippen molar-refractivity contribution in [3.05, 3.63) is 77.2 Å². The fraction of sp³-hybridized carbons (Fsp3) is 0.150. The molecule has 31 heavy (non-hydrogen) atoms. The highest BCUT2D eigenvalue weighted by Crippen LogP contribution is 2.34. The SMILES string of the molecule is O=C(NO)[C@H]1Cc2ccccc2CN1S(=O)(=O)c1cc(S(=O)(=O)c2ccccc2)cs1. The molecule has 162 valence electrons. The fourth-order valence-corrected chi connectivity index (χ4v) is 8.07. The van der Waals surface area contributed by atoms with Crippen molar-refractivity contribution in [3.8, 4) is 0 Å². The Balaban J connectivity index is 1.74. The maximum atomic E-state index is 13.4. The lowest BCUT2D eigenvalue weighted by Crippen LogP contribution is -2.51. The van der Waals surface area contributed by atoms with Gasteiger partial charge in [-0.1, -0.05) is 42.5 Å². The van der Waals surface area contributed by atoms with E-state index in [-0.39, 0.29) is 27.0 Å². The van der Waals surface area contributed by atoms with E-state index < -0.39 is 31.8 Å². The van der Waals surface area contributed by atoms with Crippen LogP contribution in [0.2, 0.25) is 0 Å². The van der Waals surface area contributed by atoms with Gasteiger partial charge >= 0.3 is 0 Å². The van der Waals surface area contributed by atoms with E-state index >= 15 is 0 Å². The molecule has 0 spiro atoms. The number of hydrogen-bond acceptors (Lipinski definition) is 7. The minimum absolute atomic E-state index is 0.0567.